The molecule has 0 aromatic heterocycles. The molecule has 1 aromatic rings. The lowest BCUT2D eigenvalue weighted by molar-refractivity contribution is -0.143. The largest absolute Gasteiger partial charge is 0.508 e. The molecule has 0 radical (unpaired) electrons. The Kier molecular flexibility index (Phi) is 15.3. The first kappa shape index (κ1) is 41.3. The van der Waals surface area contributed by atoms with Crippen LogP contribution in [0.25, 0.3) is 0 Å². The summed E-state index contributed by atoms with van der Waals surface area (Å²) in [6, 6.07) is 0.287. The van der Waals surface area contributed by atoms with Gasteiger partial charge >= 0.3 is 0 Å². The van der Waals surface area contributed by atoms with E-state index in [1.54, 1.807) is 12.1 Å². The van der Waals surface area contributed by atoms with Crippen molar-refractivity contribution in [1.82, 2.24) is 31.5 Å². The summed E-state index contributed by atoms with van der Waals surface area (Å²) in [5, 5.41) is 24.1. The zero-order valence-corrected chi connectivity index (χ0v) is 31.6. The van der Waals surface area contributed by atoms with Crippen molar-refractivity contribution < 1.29 is 33.9 Å². The minimum atomic E-state index is -1.13. The summed E-state index contributed by atoms with van der Waals surface area (Å²) in [6.45, 7) is 15.7. The van der Waals surface area contributed by atoms with Gasteiger partial charge in [-0.1, -0.05) is 67.5 Å². The van der Waals surface area contributed by atoms with Crippen LogP contribution in [0.3, 0.4) is 0 Å². The van der Waals surface area contributed by atoms with Gasteiger partial charge in [0.2, 0.25) is 35.4 Å². The number of nitrogens with zero attached hydrogens (tertiary/aromatic N) is 1. The first-order chi connectivity index (χ1) is 23.9. The number of amides is 6. The minimum absolute atomic E-state index is 0.000719. The van der Waals surface area contributed by atoms with Crippen molar-refractivity contribution in [2.75, 3.05) is 6.54 Å². The highest BCUT2D eigenvalue weighted by molar-refractivity contribution is 5.98. The lowest BCUT2D eigenvalue weighted by Gasteiger charge is -2.32. The summed E-state index contributed by atoms with van der Waals surface area (Å²) in [6.07, 6.45) is 2.12. The Morgan fingerprint density at radius 3 is 1.37 bits per heavy atom. The maximum absolute atomic E-state index is 14.2. The first-order valence-electron chi connectivity index (χ1n) is 18.5. The zero-order valence-electron chi connectivity index (χ0n) is 31.6. The molecule has 13 heteroatoms. The van der Waals surface area contributed by atoms with E-state index in [1.165, 1.54) is 17.0 Å². The molecule has 0 bridgehead atoms. The molecular formula is C38H60N6O7. The zero-order chi connectivity index (χ0) is 38.0. The van der Waals surface area contributed by atoms with Crippen LogP contribution in [0.5, 0.6) is 5.75 Å². The monoisotopic (exact) mass is 712 g/mol. The molecule has 0 unspecified atom stereocenters. The van der Waals surface area contributed by atoms with Crippen molar-refractivity contribution in [3.63, 3.8) is 0 Å². The summed E-state index contributed by atoms with van der Waals surface area (Å²) in [5.41, 5.74) is 0.656. The van der Waals surface area contributed by atoms with Gasteiger partial charge in [0.1, 0.15) is 42.0 Å². The van der Waals surface area contributed by atoms with Crippen molar-refractivity contribution in [2.45, 2.75) is 137 Å². The van der Waals surface area contributed by atoms with Crippen LogP contribution in [0.2, 0.25) is 0 Å². The molecule has 0 spiro atoms. The molecular weight excluding hydrogens is 652 g/mol. The fourth-order valence-corrected chi connectivity index (χ4v) is 6.74. The highest BCUT2D eigenvalue weighted by Crippen LogP contribution is 2.22. The molecule has 1 aromatic carbocycles. The average Bonchev–Trinajstić information content (AvgIpc) is 3.52. The molecule has 0 aliphatic carbocycles. The standard InChI is InChI=1S/C38H60N6O7/c1-21(2)16-27-33(46)40-29(18-23(5)6)35(48)43-31(19-24(7)8)38(51)44-15-9-10-32(44)37(50)42-30(20-25-11-13-26(45)14-12-25)36(49)41-28(17-22(3)4)34(47)39-27/h11-14,21-24,27-32,45H,9-10,15-20H2,1-8H3,(H,39,47)(H,40,46)(H,41,49)(H,42,50)(H,43,48)/t27-,28+,29+,30+,31+,32+/m1/s1. The topological polar surface area (TPSA) is 186 Å². The van der Waals surface area contributed by atoms with Gasteiger partial charge in [-0.2, -0.15) is 0 Å². The van der Waals surface area contributed by atoms with Crippen LogP contribution in [-0.2, 0) is 35.2 Å². The molecule has 3 rings (SSSR count). The molecule has 6 amide bonds. The molecule has 2 aliphatic heterocycles. The van der Waals surface area contributed by atoms with Gasteiger partial charge in [0.25, 0.3) is 0 Å². The molecule has 2 fully saturated rings. The van der Waals surface area contributed by atoms with Gasteiger partial charge in [0, 0.05) is 13.0 Å². The highest BCUT2D eigenvalue weighted by Gasteiger charge is 2.41. The van der Waals surface area contributed by atoms with E-state index in [0.29, 0.717) is 37.8 Å². The predicted octanol–water partition coefficient (Wildman–Crippen LogP) is 2.55. The number of carbonyl (C=O) groups excluding carboxylic acids is 6. The molecule has 284 valence electrons. The Morgan fingerprint density at radius 1 is 0.569 bits per heavy atom. The van der Waals surface area contributed by atoms with E-state index in [9.17, 15) is 33.9 Å². The van der Waals surface area contributed by atoms with Gasteiger partial charge in [-0.15, -0.1) is 0 Å². The number of hydrogen-bond donors (Lipinski definition) is 6. The highest BCUT2D eigenvalue weighted by atomic mass is 16.3. The third-order valence-electron chi connectivity index (χ3n) is 9.19. The number of fused-ring (bicyclic) bond motifs is 1. The third-order valence-corrected chi connectivity index (χ3v) is 9.19. The van der Waals surface area contributed by atoms with Gasteiger partial charge in [-0.25, -0.2) is 0 Å². The molecule has 51 heavy (non-hydrogen) atoms. The van der Waals surface area contributed by atoms with E-state index in [2.05, 4.69) is 26.6 Å². The summed E-state index contributed by atoms with van der Waals surface area (Å²) in [7, 11) is 0. The number of carbonyl (C=O) groups is 6. The Balaban J connectivity index is 2.11. The van der Waals surface area contributed by atoms with Crippen LogP contribution in [-0.4, -0.2) is 88.2 Å². The maximum Gasteiger partial charge on any atom is 0.245 e. The predicted molar refractivity (Wildman–Crippen MR) is 194 cm³/mol. The molecule has 6 N–H and O–H groups in total. The van der Waals surface area contributed by atoms with Gasteiger partial charge in [-0.05, 0) is 79.9 Å². The van der Waals surface area contributed by atoms with Gasteiger partial charge < -0.3 is 36.6 Å². The number of benzene rings is 1. The maximum atomic E-state index is 14.2. The number of hydrogen-bond acceptors (Lipinski definition) is 7. The van der Waals surface area contributed by atoms with E-state index in [4.69, 9.17) is 0 Å². The quantitative estimate of drug-likeness (QED) is 0.215. The van der Waals surface area contributed by atoms with Gasteiger partial charge in [0.15, 0.2) is 0 Å². The average molecular weight is 713 g/mol. The van der Waals surface area contributed by atoms with Gasteiger partial charge in [-0.3, -0.25) is 28.8 Å². The number of nitrogens with one attached hydrogen (secondary N) is 5. The van der Waals surface area contributed by atoms with Crippen molar-refractivity contribution in [3.05, 3.63) is 29.8 Å². The Morgan fingerprint density at radius 2 is 0.941 bits per heavy atom. The Hall–Kier alpha value is -4.16. The summed E-state index contributed by atoms with van der Waals surface area (Å²) in [5.74, 6) is -3.03. The van der Waals surface area contributed by atoms with Crippen molar-refractivity contribution >= 4 is 35.4 Å². The van der Waals surface area contributed by atoms with E-state index in [-0.39, 0.29) is 48.7 Å². The van der Waals surface area contributed by atoms with Crippen LogP contribution in [0.4, 0.5) is 0 Å². The summed E-state index contributed by atoms with van der Waals surface area (Å²) < 4.78 is 0. The number of phenols is 1. The van der Waals surface area contributed by atoms with Crippen LogP contribution < -0.4 is 26.6 Å². The second-order valence-corrected chi connectivity index (χ2v) is 15.9. The van der Waals surface area contributed by atoms with Crippen LogP contribution in [0.1, 0.15) is 99.5 Å². The summed E-state index contributed by atoms with van der Waals surface area (Å²) in [4.78, 5) is 85.3. The van der Waals surface area contributed by atoms with E-state index >= 15 is 0 Å². The van der Waals surface area contributed by atoms with Crippen molar-refractivity contribution in [1.29, 1.82) is 0 Å². The van der Waals surface area contributed by atoms with Crippen LogP contribution in [0.15, 0.2) is 24.3 Å². The molecule has 2 aliphatic rings. The number of aromatic hydroxyl groups is 1. The van der Waals surface area contributed by atoms with Crippen molar-refractivity contribution in [3.8, 4) is 5.75 Å². The number of phenolic OH excluding ortho intramolecular Hbond substituents is 1. The van der Waals surface area contributed by atoms with E-state index in [0.717, 1.165) is 0 Å². The Bertz CT molecular complexity index is 1380. The molecule has 2 heterocycles. The first-order valence-corrected chi connectivity index (χ1v) is 18.5. The minimum Gasteiger partial charge on any atom is -0.508 e. The normalized spacial score (nSPS) is 26.0. The van der Waals surface area contributed by atoms with E-state index in [1.807, 2.05) is 55.4 Å². The lowest BCUT2D eigenvalue weighted by atomic mass is 9.97. The van der Waals surface area contributed by atoms with E-state index < -0.39 is 71.7 Å². The fraction of sp³-hybridized carbons (Fsp3) is 0.684. The second kappa shape index (κ2) is 18.9. The van der Waals surface area contributed by atoms with Crippen LogP contribution in [0, 0.1) is 23.7 Å². The Labute approximate surface area is 302 Å². The molecule has 2 saturated heterocycles. The lowest BCUT2D eigenvalue weighted by Crippen LogP contribution is -2.61. The fourth-order valence-electron chi connectivity index (χ4n) is 6.74. The summed E-state index contributed by atoms with van der Waals surface area (Å²) >= 11 is 0. The number of rotatable bonds is 10. The molecule has 13 nitrogen and oxygen atoms in total. The third kappa shape index (κ3) is 12.5. The SMILES string of the molecule is CC(C)C[C@@H]1NC(=O)[C@H](Cc2ccc(O)cc2)NC(=O)[C@@H]2CCCN2C(=O)[C@H](CC(C)C)NC(=O)[C@H](CC(C)C)NC(=O)[C@@H](CC(C)C)NC1=O. The van der Waals surface area contributed by atoms with Crippen LogP contribution >= 0.6 is 0 Å². The van der Waals surface area contributed by atoms with Crippen molar-refractivity contribution in [2.24, 2.45) is 23.7 Å². The van der Waals surface area contributed by atoms with Gasteiger partial charge in [0.05, 0.1) is 0 Å². The second-order valence-electron chi connectivity index (χ2n) is 15.9. The molecule has 6 atom stereocenters. The molecule has 0 saturated carbocycles. The smallest absolute Gasteiger partial charge is 0.245 e.